The van der Waals surface area contributed by atoms with Crippen LogP contribution in [0.2, 0.25) is 10.0 Å². The zero-order chi connectivity index (χ0) is 17.1. The standard InChI is InChI=1S/C16H14Cl2N4O2/c17-10-1-6-14(13(18)9-10)21-15(23)20-11-2-4-12(5-3-11)22-8-7-19-16(22)24/h1-6,9H,7-8H2,(H,19,24)(H2,20,21,23). The molecule has 2 aromatic rings. The number of nitrogens with one attached hydrogen (secondary N) is 3. The summed E-state index contributed by atoms with van der Waals surface area (Å²) >= 11 is 11.8. The van der Waals surface area contributed by atoms with E-state index < -0.39 is 6.03 Å². The largest absolute Gasteiger partial charge is 0.336 e. The van der Waals surface area contributed by atoms with Gasteiger partial charge in [-0.3, -0.25) is 4.90 Å². The van der Waals surface area contributed by atoms with Gasteiger partial charge in [0.05, 0.1) is 10.7 Å². The third kappa shape index (κ3) is 3.72. The van der Waals surface area contributed by atoms with E-state index in [0.29, 0.717) is 34.5 Å². The number of nitrogens with zero attached hydrogens (tertiary/aromatic N) is 1. The molecule has 4 amide bonds. The summed E-state index contributed by atoms with van der Waals surface area (Å²) in [5, 5.41) is 8.93. The molecule has 0 unspecified atom stereocenters. The van der Waals surface area contributed by atoms with Crippen LogP contribution in [0.4, 0.5) is 26.7 Å². The zero-order valence-corrected chi connectivity index (χ0v) is 14.0. The molecule has 1 fully saturated rings. The van der Waals surface area contributed by atoms with Crippen molar-refractivity contribution in [1.29, 1.82) is 0 Å². The van der Waals surface area contributed by atoms with Gasteiger partial charge in [0.15, 0.2) is 0 Å². The molecule has 0 saturated carbocycles. The zero-order valence-electron chi connectivity index (χ0n) is 12.5. The highest BCUT2D eigenvalue weighted by Gasteiger charge is 2.20. The number of urea groups is 2. The second-order valence-corrected chi connectivity index (χ2v) is 5.98. The van der Waals surface area contributed by atoms with Crippen LogP contribution in [0.25, 0.3) is 0 Å². The van der Waals surface area contributed by atoms with E-state index in [4.69, 9.17) is 23.2 Å². The van der Waals surface area contributed by atoms with Gasteiger partial charge in [0.1, 0.15) is 0 Å². The lowest BCUT2D eigenvalue weighted by Gasteiger charge is -2.15. The first-order valence-corrected chi connectivity index (χ1v) is 7.97. The minimum atomic E-state index is -0.425. The van der Waals surface area contributed by atoms with Crippen LogP contribution in [0.3, 0.4) is 0 Å². The maximum Gasteiger partial charge on any atom is 0.323 e. The Labute approximate surface area is 148 Å². The molecule has 1 saturated heterocycles. The normalized spacial score (nSPS) is 13.6. The Bertz CT molecular complexity index is 780. The van der Waals surface area contributed by atoms with Gasteiger partial charge in [0, 0.05) is 29.5 Å². The van der Waals surface area contributed by atoms with Crippen molar-refractivity contribution in [1.82, 2.24) is 5.32 Å². The summed E-state index contributed by atoms with van der Waals surface area (Å²) in [4.78, 5) is 25.3. The van der Waals surface area contributed by atoms with E-state index in [1.165, 1.54) is 0 Å². The van der Waals surface area contributed by atoms with Gasteiger partial charge >= 0.3 is 12.1 Å². The van der Waals surface area contributed by atoms with Crippen LogP contribution in [0.15, 0.2) is 42.5 Å². The molecule has 24 heavy (non-hydrogen) atoms. The van der Waals surface area contributed by atoms with E-state index in [1.807, 2.05) is 0 Å². The molecule has 1 aliphatic heterocycles. The SMILES string of the molecule is O=C(Nc1ccc(N2CCNC2=O)cc1)Nc1ccc(Cl)cc1Cl. The highest BCUT2D eigenvalue weighted by atomic mass is 35.5. The number of benzene rings is 2. The van der Waals surface area contributed by atoms with Crippen LogP contribution in [0.5, 0.6) is 0 Å². The minimum absolute atomic E-state index is 0.120. The number of carbonyl (C=O) groups is 2. The topological polar surface area (TPSA) is 73.5 Å². The van der Waals surface area contributed by atoms with Crippen LogP contribution < -0.4 is 20.9 Å². The predicted molar refractivity (Wildman–Crippen MR) is 96.3 cm³/mol. The number of carbonyl (C=O) groups excluding carboxylic acids is 2. The number of hydrogen-bond acceptors (Lipinski definition) is 2. The summed E-state index contributed by atoms with van der Waals surface area (Å²) < 4.78 is 0. The number of hydrogen-bond donors (Lipinski definition) is 3. The van der Waals surface area contributed by atoms with Crippen molar-refractivity contribution in [2.24, 2.45) is 0 Å². The van der Waals surface area contributed by atoms with Crippen molar-refractivity contribution >= 4 is 52.3 Å². The van der Waals surface area contributed by atoms with Gasteiger partial charge < -0.3 is 16.0 Å². The summed E-state index contributed by atoms with van der Waals surface area (Å²) in [6.07, 6.45) is 0. The highest BCUT2D eigenvalue weighted by Crippen LogP contribution is 2.25. The fourth-order valence-corrected chi connectivity index (χ4v) is 2.77. The van der Waals surface area contributed by atoms with Gasteiger partial charge in [0.2, 0.25) is 0 Å². The van der Waals surface area contributed by atoms with Gasteiger partial charge in [-0.25, -0.2) is 9.59 Å². The van der Waals surface area contributed by atoms with Crippen LogP contribution in [0, 0.1) is 0 Å². The van der Waals surface area contributed by atoms with Crippen molar-refractivity contribution in [2.45, 2.75) is 0 Å². The smallest absolute Gasteiger partial charge is 0.323 e. The molecule has 8 heteroatoms. The number of anilines is 3. The molecule has 124 valence electrons. The number of halogens is 2. The Hall–Kier alpha value is -2.44. The molecule has 6 nitrogen and oxygen atoms in total. The van der Waals surface area contributed by atoms with Gasteiger partial charge in [-0.2, -0.15) is 0 Å². The Morgan fingerprint density at radius 3 is 2.46 bits per heavy atom. The van der Waals surface area contributed by atoms with Crippen molar-refractivity contribution in [2.75, 3.05) is 28.6 Å². The van der Waals surface area contributed by atoms with Gasteiger partial charge in [-0.05, 0) is 42.5 Å². The van der Waals surface area contributed by atoms with Crippen molar-refractivity contribution < 1.29 is 9.59 Å². The van der Waals surface area contributed by atoms with E-state index in [-0.39, 0.29) is 6.03 Å². The Balaban J connectivity index is 1.63. The number of amides is 4. The maximum absolute atomic E-state index is 12.0. The Morgan fingerprint density at radius 1 is 1.08 bits per heavy atom. The molecule has 0 atom stereocenters. The molecule has 0 aromatic heterocycles. The fourth-order valence-electron chi connectivity index (χ4n) is 2.32. The second kappa shape index (κ2) is 6.98. The highest BCUT2D eigenvalue weighted by molar-refractivity contribution is 6.36. The van der Waals surface area contributed by atoms with E-state index in [2.05, 4.69) is 16.0 Å². The van der Waals surface area contributed by atoms with Crippen LogP contribution >= 0.6 is 23.2 Å². The van der Waals surface area contributed by atoms with E-state index >= 15 is 0 Å². The van der Waals surface area contributed by atoms with Crippen molar-refractivity contribution in [3.8, 4) is 0 Å². The molecule has 0 bridgehead atoms. The summed E-state index contributed by atoms with van der Waals surface area (Å²) in [5.74, 6) is 0. The van der Waals surface area contributed by atoms with Crippen molar-refractivity contribution in [3.05, 3.63) is 52.5 Å². The van der Waals surface area contributed by atoms with Crippen molar-refractivity contribution in [3.63, 3.8) is 0 Å². The predicted octanol–water partition coefficient (Wildman–Crippen LogP) is 4.17. The number of rotatable bonds is 3. The summed E-state index contributed by atoms with van der Waals surface area (Å²) in [7, 11) is 0. The van der Waals surface area contributed by atoms with E-state index in [0.717, 1.165) is 5.69 Å². The summed E-state index contributed by atoms with van der Waals surface area (Å²) in [5.41, 5.74) is 1.83. The molecular formula is C16H14Cl2N4O2. The minimum Gasteiger partial charge on any atom is -0.336 e. The lowest BCUT2D eigenvalue weighted by Crippen LogP contribution is -2.27. The summed E-state index contributed by atoms with van der Waals surface area (Å²) in [6, 6.07) is 11.3. The van der Waals surface area contributed by atoms with Crippen LogP contribution in [0.1, 0.15) is 0 Å². The monoisotopic (exact) mass is 364 g/mol. The quantitative estimate of drug-likeness (QED) is 0.764. The molecule has 0 aliphatic carbocycles. The molecule has 1 aliphatic rings. The van der Waals surface area contributed by atoms with E-state index in [1.54, 1.807) is 47.4 Å². The molecule has 0 spiro atoms. The molecule has 3 N–H and O–H groups in total. The lowest BCUT2D eigenvalue weighted by molar-refractivity contribution is 0.252. The molecule has 1 heterocycles. The lowest BCUT2D eigenvalue weighted by atomic mass is 10.2. The Kier molecular flexibility index (Phi) is 4.78. The second-order valence-electron chi connectivity index (χ2n) is 5.13. The Morgan fingerprint density at radius 2 is 1.83 bits per heavy atom. The first-order valence-electron chi connectivity index (χ1n) is 7.21. The third-order valence-corrected chi connectivity index (χ3v) is 4.02. The van der Waals surface area contributed by atoms with E-state index in [9.17, 15) is 9.59 Å². The molecule has 0 radical (unpaired) electrons. The fraction of sp³-hybridized carbons (Fsp3) is 0.125. The molecule has 3 rings (SSSR count). The van der Waals surface area contributed by atoms with Gasteiger partial charge in [0.25, 0.3) is 0 Å². The molecule has 2 aromatic carbocycles. The first-order chi connectivity index (χ1) is 11.5. The average Bonchev–Trinajstić information content (AvgIpc) is 2.97. The summed E-state index contributed by atoms with van der Waals surface area (Å²) in [6.45, 7) is 1.25. The average molecular weight is 365 g/mol. The maximum atomic E-state index is 12.0. The van der Waals surface area contributed by atoms with Crippen LogP contribution in [-0.2, 0) is 0 Å². The van der Waals surface area contributed by atoms with Crippen LogP contribution in [-0.4, -0.2) is 25.2 Å². The van der Waals surface area contributed by atoms with Gasteiger partial charge in [-0.1, -0.05) is 23.2 Å². The molecular weight excluding hydrogens is 351 g/mol. The first kappa shape index (κ1) is 16.4. The third-order valence-electron chi connectivity index (χ3n) is 3.47. The van der Waals surface area contributed by atoms with Gasteiger partial charge in [-0.15, -0.1) is 0 Å².